The van der Waals surface area contributed by atoms with Gasteiger partial charge in [0.1, 0.15) is 5.92 Å². The van der Waals surface area contributed by atoms with Crippen molar-refractivity contribution in [2.45, 2.75) is 19.4 Å². The van der Waals surface area contributed by atoms with Crippen LogP contribution in [-0.2, 0) is 11.2 Å². The van der Waals surface area contributed by atoms with E-state index >= 15 is 0 Å². The fourth-order valence-corrected chi connectivity index (χ4v) is 2.72. The van der Waals surface area contributed by atoms with E-state index in [1.807, 2.05) is 54.1 Å². The number of benzene rings is 1. The molecule has 0 aliphatic rings. The standard InChI is InChI=1S/C16H16N2OS/c1-12(14-7-8-20-11-14)18-16(19)15(10-17)9-13-5-3-2-4-6-13/h2-8,11-12,15H,9H2,1H3,(H,18,19). The highest BCUT2D eigenvalue weighted by Crippen LogP contribution is 2.17. The van der Waals surface area contributed by atoms with E-state index in [-0.39, 0.29) is 11.9 Å². The summed E-state index contributed by atoms with van der Waals surface area (Å²) < 4.78 is 0. The molecule has 1 aromatic heterocycles. The van der Waals surface area contributed by atoms with Crippen LogP contribution in [0, 0.1) is 17.2 Å². The molecule has 1 N–H and O–H groups in total. The van der Waals surface area contributed by atoms with E-state index in [0.717, 1.165) is 11.1 Å². The maximum absolute atomic E-state index is 12.2. The third-order valence-electron chi connectivity index (χ3n) is 3.16. The van der Waals surface area contributed by atoms with Gasteiger partial charge in [-0.15, -0.1) is 0 Å². The van der Waals surface area contributed by atoms with Crippen LogP contribution in [0.4, 0.5) is 0 Å². The van der Waals surface area contributed by atoms with E-state index in [9.17, 15) is 10.1 Å². The summed E-state index contributed by atoms with van der Waals surface area (Å²) in [6.45, 7) is 1.93. The molecule has 0 bridgehead atoms. The Hall–Kier alpha value is -2.12. The summed E-state index contributed by atoms with van der Waals surface area (Å²) in [5.41, 5.74) is 2.07. The zero-order valence-corrected chi connectivity index (χ0v) is 12.1. The lowest BCUT2D eigenvalue weighted by atomic mass is 9.99. The van der Waals surface area contributed by atoms with Gasteiger partial charge >= 0.3 is 0 Å². The van der Waals surface area contributed by atoms with Gasteiger partial charge < -0.3 is 5.32 Å². The van der Waals surface area contributed by atoms with E-state index in [2.05, 4.69) is 11.4 Å². The maximum Gasteiger partial charge on any atom is 0.238 e. The fourth-order valence-electron chi connectivity index (χ4n) is 1.97. The fraction of sp³-hybridized carbons (Fsp3) is 0.250. The Morgan fingerprint density at radius 1 is 1.35 bits per heavy atom. The smallest absolute Gasteiger partial charge is 0.238 e. The lowest BCUT2D eigenvalue weighted by Crippen LogP contribution is -2.33. The molecule has 0 aliphatic carbocycles. The molecule has 1 amide bonds. The van der Waals surface area contributed by atoms with Crippen LogP contribution < -0.4 is 5.32 Å². The number of nitrogens with one attached hydrogen (secondary N) is 1. The average molecular weight is 284 g/mol. The molecule has 3 nitrogen and oxygen atoms in total. The minimum absolute atomic E-state index is 0.0691. The van der Waals surface area contributed by atoms with Crippen molar-refractivity contribution in [3.05, 3.63) is 58.3 Å². The monoisotopic (exact) mass is 284 g/mol. The van der Waals surface area contributed by atoms with E-state index in [4.69, 9.17) is 0 Å². The molecule has 2 atom stereocenters. The molecule has 4 heteroatoms. The van der Waals surface area contributed by atoms with Crippen molar-refractivity contribution in [2.24, 2.45) is 5.92 Å². The van der Waals surface area contributed by atoms with Gasteiger partial charge in [0.2, 0.25) is 5.91 Å². The van der Waals surface area contributed by atoms with Crippen LogP contribution in [0.2, 0.25) is 0 Å². The first-order valence-electron chi connectivity index (χ1n) is 6.46. The Morgan fingerprint density at radius 3 is 2.70 bits per heavy atom. The molecule has 2 rings (SSSR count). The summed E-state index contributed by atoms with van der Waals surface area (Å²) in [5.74, 6) is -0.867. The summed E-state index contributed by atoms with van der Waals surface area (Å²) in [4.78, 5) is 12.2. The number of nitriles is 1. The van der Waals surface area contributed by atoms with Crippen LogP contribution in [0.5, 0.6) is 0 Å². The van der Waals surface area contributed by atoms with Gasteiger partial charge in [0.25, 0.3) is 0 Å². The predicted octanol–water partition coefficient (Wildman–Crippen LogP) is 3.31. The lowest BCUT2D eigenvalue weighted by Gasteiger charge is -2.15. The molecule has 20 heavy (non-hydrogen) atoms. The highest BCUT2D eigenvalue weighted by Gasteiger charge is 2.20. The third kappa shape index (κ3) is 3.69. The number of amides is 1. The molecule has 0 saturated carbocycles. The number of carbonyl (C=O) groups is 1. The lowest BCUT2D eigenvalue weighted by molar-refractivity contribution is -0.124. The van der Waals surface area contributed by atoms with E-state index in [1.165, 1.54) is 0 Å². The Kier molecular flexibility index (Phi) is 4.91. The van der Waals surface area contributed by atoms with Gasteiger partial charge in [0.05, 0.1) is 12.1 Å². The summed E-state index contributed by atoms with van der Waals surface area (Å²) in [6.07, 6.45) is 0.444. The zero-order valence-electron chi connectivity index (χ0n) is 11.2. The van der Waals surface area contributed by atoms with Crippen molar-refractivity contribution in [3.8, 4) is 6.07 Å². The largest absolute Gasteiger partial charge is 0.348 e. The van der Waals surface area contributed by atoms with Crippen LogP contribution in [0.1, 0.15) is 24.1 Å². The second-order valence-corrected chi connectivity index (χ2v) is 5.44. The molecular formula is C16H16N2OS. The van der Waals surface area contributed by atoms with Gasteiger partial charge in [-0.05, 0) is 41.3 Å². The zero-order chi connectivity index (χ0) is 14.4. The Balaban J connectivity index is 1.98. The van der Waals surface area contributed by atoms with Crippen LogP contribution in [0.3, 0.4) is 0 Å². The molecule has 2 unspecified atom stereocenters. The van der Waals surface area contributed by atoms with Crippen molar-refractivity contribution in [1.82, 2.24) is 5.32 Å². The minimum atomic E-state index is -0.654. The molecule has 0 radical (unpaired) electrons. The molecule has 2 aromatic rings. The summed E-state index contributed by atoms with van der Waals surface area (Å²) in [7, 11) is 0. The van der Waals surface area contributed by atoms with Gasteiger partial charge in [-0.2, -0.15) is 16.6 Å². The Morgan fingerprint density at radius 2 is 2.10 bits per heavy atom. The van der Waals surface area contributed by atoms with Crippen LogP contribution in [0.15, 0.2) is 47.2 Å². The maximum atomic E-state index is 12.2. The Bertz CT molecular complexity index is 587. The van der Waals surface area contributed by atoms with Crippen molar-refractivity contribution < 1.29 is 4.79 Å². The predicted molar refractivity (Wildman–Crippen MR) is 80.1 cm³/mol. The second kappa shape index (κ2) is 6.88. The van der Waals surface area contributed by atoms with Crippen molar-refractivity contribution in [2.75, 3.05) is 0 Å². The molecule has 0 fully saturated rings. The van der Waals surface area contributed by atoms with Gasteiger partial charge in [-0.25, -0.2) is 0 Å². The molecule has 102 valence electrons. The van der Waals surface area contributed by atoms with Gasteiger partial charge in [-0.3, -0.25) is 4.79 Å². The van der Waals surface area contributed by atoms with Crippen LogP contribution in [-0.4, -0.2) is 5.91 Å². The van der Waals surface area contributed by atoms with Crippen molar-refractivity contribution in [1.29, 1.82) is 5.26 Å². The number of hydrogen-bond acceptors (Lipinski definition) is 3. The third-order valence-corrected chi connectivity index (χ3v) is 3.86. The van der Waals surface area contributed by atoms with Crippen LogP contribution in [0.25, 0.3) is 0 Å². The first kappa shape index (κ1) is 14.3. The van der Waals surface area contributed by atoms with Gasteiger partial charge in [-0.1, -0.05) is 30.3 Å². The Labute approximate surface area is 122 Å². The molecule has 1 aromatic carbocycles. The first-order valence-corrected chi connectivity index (χ1v) is 7.41. The molecule has 0 aliphatic heterocycles. The average Bonchev–Trinajstić information content (AvgIpc) is 3.00. The van der Waals surface area contributed by atoms with E-state index in [0.29, 0.717) is 6.42 Å². The minimum Gasteiger partial charge on any atom is -0.348 e. The summed E-state index contributed by atoms with van der Waals surface area (Å²) in [6, 6.07) is 13.6. The molecular weight excluding hydrogens is 268 g/mol. The number of hydrogen-bond donors (Lipinski definition) is 1. The highest BCUT2D eigenvalue weighted by atomic mass is 32.1. The second-order valence-electron chi connectivity index (χ2n) is 4.66. The number of rotatable bonds is 5. The topological polar surface area (TPSA) is 52.9 Å². The number of carbonyl (C=O) groups excluding carboxylic acids is 1. The van der Waals surface area contributed by atoms with Crippen molar-refractivity contribution in [3.63, 3.8) is 0 Å². The number of thiophene rings is 1. The first-order chi connectivity index (χ1) is 9.70. The van der Waals surface area contributed by atoms with Crippen LogP contribution >= 0.6 is 11.3 Å². The van der Waals surface area contributed by atoms with Crippen molar-refractivity contribution >= 4 is 17.2 Å². The van der Waals surface area contributed by atoms with E-state index in [1.54, 1.807) is 11.3 Å². The summed E-state index contributed by atoms with van der Waals surface area (Å²) in [5, 5.41) is 16.1. The molecule has 1 heterocycles. The van der Waals surface area contributed by atoms with E-state index < -0.39 is 5.92 Å². The van der Waals surface area contributed by atoms with Gasteiger partial charge in [0.15, 0.2) is 0 Å². The summed E-state index contributed by atoms with van der Waals surface area (Å²) >= 11 is 1.60. The highest BCUT2D eigenvalue weighted by molar-refractivity contribution is 7.07. The SMILES string of the molecule is CC(NC(=O)C(C#N)Cc1ccccc1)c1ccsc1. The normalized spacial score (nSPS) is 13.2. The van der Waals surface area contributed by atoms with Gasteiger partial charge in [0, 0.05) is 0 Å². The molecule has 0 saturated heterocycles. The number of nitrogens with zero attached hydrogens (tertiary/aromatic N) is 1. The quantitative estimate of drug-likeness (QED) is 0.915. The molecule has 0 spiro atoms.